The third-order valence-corrected chi connectivity index (χ3v) is 3.19. The molecule has 0 aliphatic carbocycles. The molecule has 5 heteroatoms. The fraction of sp³-hybridized carbons (Fsp3) is 0.133. The molecule has 0 bridgehead atoms. The van der Waals surface area contributed by atoms with Crippen LogP contribution in [0.15, 0.2) is 36.4 Å². The monoisotopic (exact) mass is 290 g/mol. The molecule has 0 heterocycles. The Kier molecular flexibility index (Phi) is 4.57. The van der Waals surface area contributed by atoms with Crippen LogP contribution in [-0.2, 0) is 13.2 Å². The van der Waals surface area contributed by atoms with Crippen LogP contribution < -0.4 is 10.5 Å². The summed E-state index contributed by atoms with van der Waals surface area (Å²) in [5.41, 5.74) is 6.98. The molecule has 0 aromatic heterocycles. The van der Waals surface area contributed by atoms with Crippen LogP contribution >= 0.6 is 11.6 Å². The average Bonchev–Trinajstić information content (AvgIpc) is 2.46. The molecule has 0 radical (unpaired) electrons. The van der Waals surface area contributed by atoms with E-state index in [2.05, 4.69) is 0 Å². The molecule has 2 aromatic carbocycles. The lowest BCUT2D eigenvalue weighted by molar-refractivity contribution is 0.297. The summed E-state index contributed by atoms with van der Waals surface area (Å²) in [6.45, 7) is 0.240. The van der Waals surface area contributed by atoms with Crippen LogP contribution in [0.4, 0.5) is 4.39 Å². The number of hydrogen-bond donors (Lipinski definition) is 1. The number of ether oxygens (including phenoxy) is 1. The second-order valence-electron chi connectivity index (χ2n) is 4.13. The normalized spacial score (nSPS) is 10.1. The first-order chi connectivity index (χ1) is 9.65. The zero-order valence-electron chi connectivity index (χ0n) is 10.6. The SMILES string of the molecule is N#Cc1ccc(F)c(COc2cccc(Cl)c2CN)c1. The van der Waals surface area contributed by atoms with E-state index in [4.69, 9.17) is 27.3 Å². The van der Waals surface area contributed by atoms with E-state index in [1.54, 1.807) is 18.2 Å². The summed E-state index contributed by atoms with van der Waals surface area (Å²) in [6.07, 6.45) is 0. The third-order valence-electron chi connectivity index (χ3n) is 2.84. The molecule has 0 atom stereocenters. The molecule has 0 saturated heterocycles. The highest BCUT2D eigenvalue weighted by molar-refractivity contribution is 6.31. The van der Waals surface area contributed by atoms with Crippen molar-refractivity contribution in [2.24, 2.45) is 5.73 Å². The number of nitriles is 1. The van der Waals surface area contributed by atoms with Crippen LogP contribution in [0.5, 0.6) is 5.75 Å². The molecule has 2 N–H and O–H groups in total. The first-order valence-corrected chi connectivity index (χ1v) is 6.32. The standard InChI is InChI=1S/C15H12ClFN2O/c16-13-2-1-3-15(12(13)8-19)20-9-11-6-10(7-18)4-5-14(11)17/h1-6H,8-9,19H2. The highest BCUT2D eigenvalue weighted by Crippen LogP contribution is 2.26. The predicted octanol–water partition coefficient (Wildman–Crippen LogP) is 3.39. The smallest absolute Gasteiger partial charge is 0.129 e. The van der Waals surface area contributed by atoms with Gasteiger partial charge < -0.3 is 10.5 Å². The van der Waals surface area contributed by atoms with Crippen molar-refractivity contribution in [3.05, 3.63) is 63.9 Å². The second kappa shape index (κ2) is 6.38. The van der Waals surface area contributed by atoms with Crippen LogP contribution in [0.1, 0.15) is 16.7 Å². The van der Waals surface area contributed by atoms with Gasteiger partial charge in [-0.05, 0) is 30.3 Å². The number of hydrogen-bond acceptors (Lipinski definition) is 3. The van der Waals surface area contributed by atoms with Crippen molar-refractivity contribution in [3.8, 4) is 11.8 Å². The van der Waals surface area contributed by atoms with E-state index in [-0.39, 0.29) is 13.2 Å². The quantitative estimate of drug-likeness (QED) is 0.939. The maximum atomic E-state index is 13.6. The van der Waals surface area contributed by atoms with Gasteiger partial charge >= 0.3 is 0 Å². The Bertz CT molecular complexity index is 665. The Labute approximate surface area is 121 Å². The highest BCUT2D eigenvalue weighted by Gasteiger charge is 2.09. The largest absolute Gasteiger partial charge is 0.488 e. The zero-order chi connectivity index (χ0) is 14.5. The van der Waals surface area contributed by atoms with Gasteiger partial charge in [0.05, 0.1) is 11.6 Å². The molecule has 2 rings (SSSR count). The molecule has 102 valence electrons. The maximum absolute atomic E-state index is 13.6. The van der Waals surface area contributed by atoms with Crippen molar-refractivity contribution < 1.29 is 9.13 Å². The van der Waals surface area contributed by atoms with Gasteiger partial charge in [0.15, 0.2) is 0 Å². The van der Waals surface area contributed by atoms with Crippen molar-refractivity contribution in [3.63, 3.8) is 0 Å². The summed E-state index contributed by atoms with van der Waals surface area (Å²) in [5.74, 6) is 0.0992. The molecule has 20 heavy (non-hydrogen) atoms. The lowest BCUT2D eigenvalue weighted by atomic mass is 10.1. The number of nitrogens with two attached hydrogens (primary N) is 1. The molecule has 0 aliphatic heterocycles. The molecule has 2 aromatic rings. The van der Waals surface area contributed by atoms with E-state index in [0.717, 1.165) is 0 Å². The number of nitrogens with zero attached hydrogens (tertiary/aromatic N) is 1. The summed E-state index contributed by atoms with van der Waals surface area (Å²) < 4.78 is 19.2. The molecule has 3 nitrogen and oxygen atoms in total. The van der Waals surface area contributed by atoms with Gasteiger partial charge in [-0.2, -0.15) is 5.26 Å². The molecule has 0 amide bonds. The minimum absolute atomic E-state index is 0.00863. The average molecular weight is 291 g/mol. The summed E-state index contributed by atoms with van der Waals surface area (Å²) in [4.78, 5) is 0. The van der Waals surface area contributed by atoms with Crippen molar-refractivity contribution in [1.82, 2.24) is 0 Å². The molecule has 0 saturated carbocycles. The molecular formula is C15H12ClFN2O. The van der Waals surface area contributed by atoms with Crippen LogP contribution in [-0.4, -0.2) is 0 Å². The van der Waals surface area contributed by atoms with Crippen LogP contribution in [0, 0.1) is 17.1 Å². The van der Waals surface area contributed by atoms with Gasteiger partial charge in [-0.15, -0.1) is 0 Å². The van der Waals surface area contributed by atoms with Gasteiger partial charge in [0, 0.05) is 22.7 Å². The molecule has 0 fully saturated rings. The van der Waals surface area contributed by atoms with E-state index in [1.165, 1.54) is 18.2 Å². The number of benzene rings is 2. The topological polar surface area (TPSA) is 59.0 Å². The van der Waals surface area contributed by atoms with Crippen LogP contribution in [0.2, 0.25) is 5.02 Å². The Morgan fingerprint density at radius 3 is 2.80 bits per heavy atom. The Morgan fingerprint density at radius 1 is 1.30 bits per heavy atom. The first-order valence-electron chi connectivity index (χ1n) is 5.94. The Morgan fingerprint density at radius 2 is 2.10 bits per heavy atom. The zero-order valence-corrected chi connectivity index (χ0v) is 11.3. The van der Waals surface area contributed by atoms with Crippen LogP contribution in [0.3, 0.4) is 0 Å². The van der Waals surface area contributed by atoms with Crippen LogP contribution in [0.25, 0.3) is 0 Å². The minimum atomic E-state index is -0.416. The summed E-state index contributed by atoms with van der Waals surface area (Å²) in [5, 5.41) is 9.32. The van der Waals surface area contributed by atoms with E-state index < -0.39 is 5.82 Å². The third kappa shape index (κ3) is 3.08. The van der Waals surface area contributed by atoms with E-state index in [1.807, 2.05) is 6.07 Å². The fourth-order valence-corrected chi connectivity index (χ4v) is 2.03. The lowest BCUT2D eigenvalue weighted by Crippen LogP contribution is -2.04. The maximum Gasteiger partial charge on any atom is 0.129 e. The first kappa shape index (κ1) is 14.3. The summed E-state index contributed by atoms with van der Waals surface area (Å²) in [7, 11) is 0. The Balaban J connectivity index is 2.21. The van der Waals surface area contributed by atoms with Gasteiger partial charge in [0.2, 0.25) is 0 Å². The van der Waals surface area contributed by atoms with Crippen molar-refractivity contribution >= 4 is 11.6 Å². The highest BCUT2D eigenvalue weighted by atomic mass is 35.5. The number of halogens is 2. The minimum Gasteiger partial charge on any atom is -0.488 e. The number of rotatable bonds is 4. The molecule has 0 spiro atoms. The molecular weight excluding hydrogens is 279 g/mol. The molecule has 0 unspecified atom stereocenters. The predicted molar refractivity (Wildman–Crippen MR) is 74.8 cm³/mol. The van der Waals surface area contributed by atoms with E-state index in [0.29, 0.717) is 27.5 Å². The summed E-state index contributed by atoms with van der Waals surface area (Å²) in [6, 6.07) is 11.3. The molecule has 0 aliphatic rings. The Hall–Kier alpha value is -2.09. The van der Waals surface area contributed by atoms with Crippen molar-refractivity contribution in [1.29, 1.82) is 5.26 Å². The second-order valence-corrected chi connectivity index (χ2v) is 4.53. The van der Waals surface area contributed by atoms with Gasteiger partial charge in [-0.3, -0.25) is 0 Å². The lowest BCUT2D eigenvalue weighted by Gasteiger charge is -2.12. The van der Waals surface area contributed by atoms with Gasteiger partial charge in [-0.1, -0.05) is 17.7 Å². The van der Waals surface area contributed by atoms with Gasteiger partial charge in [-0.25, -0.2) is 4.39 Å². The van der Waals surface area contributed by atoms with E-state index in [9.17, 15) is 4.39 Å². The summed E-state index contributed by atoms with van der Waals surface area (Å²) >= 11 is 6.01. The fourth-order valence-electron chi connectivity index (χ4n) is 1.78. The van der Waals surface area contributed by atoms with Crippen molar-refractivity contribution in [2.45, 2.75) is 13.2 Å². The van der Waals surface area contributed by atoms with E-state index >= 15 is 0 Å². The van der Waals surface area contributed by atoms with Gasteiger partial charge in [0.1, 0.15) is 18.2 Å². The van der Waals surface area contributed by atoms with Crippen molar-refractivity contribution in [2.75, 3.05) is 0 Å². The van der Waals surface area contributed by atoms with Gasteiger partial charge in [0.25, 0.3) is 0 Å².